The number of aromatic nitrogens is 1. The highest BCUT2D eigenvalue weighted by molar-refractivity contribution is 5.75. The van der Waals surface area contributed by atoms with E-state index in [4.69, 9.17) is 5.73 Å². The average molecular weight is 192 g/mol. The molecule has 1 aromatic rings. The van der Waals surface area contributed by atoms with Crippen LogP contribution in [0.25, 0.3) is 0 Å². The Balaban J connectivity index is 2.91. The van der Waals surface area contributed by atoms with E-state index in [1.807, 2.05) is 0 Å². The van der Waals surface area contributed by atoms with Crippen molar-refractivity contribution >= 4 is 6.29 Å². The third-order valence-electron chi connectivity index (χ3n) is 1.50. The highest BCUT2D eigenvalue weighted by Gasteiger charge is 2.01. The number of nitrogens with two attached hydrogens (primary N) is 1. The van der Waals surface area contributed by atoms with Crippen LogP contribution in [0.1, 0.15) is 22.3 Å². The molecule has 14 heavy (non-hydrogen) atoms. The first-order valence-corrected chi connectivity index (χ1v) is 4.07. The molecule has 1 rings (SSSR count). The summed E-state index contributed by atoms with van der Waals surface area (Å²) in [4.78, 5) is 13.8. The van der Waals surface area contributed by atoms with Crippen molar-refractivity contribution in [3.05, 3.63) is 29.3 Å². The lowest BCUT2D eigenvalue weighted by atomic mass is 10.2. The lowest BCUT2D eigenvalue weighted by Gasteiger charge is -1.93. The van der Waals surface area contributed by atoms with Crippen molar-refractivity contribution in [3.63, 3.8) is 0 Å². The second kappa shape index (κ2) is 5.10. The summed E-state index contributed by atoms with van der Waals surface area (Å²) >= 11 is 0. The van der Waals surface area contributed by atoms with E-state index in [1.165, 1.54) is 12.3 Å². The van der Waals surface area contributed by atoms with Crippen LogP contribution in [0, 0.1) is 17.8 Å². The topological polar surface area (TPSA) is 56.0 Å². The predicted octanol–water partition coefficient (Wildman–Crippen LogP) is 0.734. The molecule has 0 saturated heterocycles. The second-order valence-corrected chi connectivity index (χ2v) is 2.56. The van der Waals surface area contributed by atoms with E-state index in [0.717, 1.165) is 0 Å². The van der Waals surface area contributed by atoms with Gasteiger partial charge in [0.1, 0.15) is 0 Å². The lowest BCUT2D eigenvalue weighted by Crippen LogP contribution is -1.96. The molecule has 72 valence electrons. The Morgan fingerprint density at radius 3 is 3.07 bits per heavy atom. The first kappa shape index (κ1) is 10.4. The molecule has 0 spiro atoms. The van der Waals surface area contributed by atoms with E-state index in [-0.39, 0.29) is 5.56 Å². The fraction of sp³-hybridized carbons (Fsp3) is 0.200. The summed E-state index contributed by atoms with van der Waals surface area (Å²) in [6.45, 7) is 0.474. The van der Waals surface area contributed by atoms with Gasteiger partial charge in [0.2, 0.25) is 5.95 Å². The SMILES string of the molecule is NCCC#Cc1cnc(F)c(C=O)c1. The zero-order valence-electron chi connectivity index (χ0n) is 7.46. The van der Waals surface area contributed by atoms with E-state index in [0.29, 0.717) is 24.8 Å². The largest absolute Gasteiger partial charge is 0.330 e. The minimum Gasteiger partial charge on any atom is -0.330 e. The minimum absolute atomic E-state index is 0.0791. The summed E-state index contributed by atoms with van der Waals surface area (Å²) < 4.78 is 12.7. The normalized spacial score (nSPS) is 9.00. The van der Waals surface area contributed by atoms with Crippen LogP contribution < -0.4 is 5.73 Å². The molecule has 0 aliphatic carbocycles. The summed E-state index contributed by atoms with van der Waals surface area (Å²) in [6, 6.07) is 1.36. The van der Waals surface area contributed by atoms with Crippen LogP contribution in [-0.2, 0) is 0 Å². The lowest BCUT2D eigenvalue weighted by molar-refractivity contribution is 0.111. The fourth-order valence-corrected chi connectivity index (χ4v) is 0.853. The number of aldehydes is 1. The number of carbonyl (C=O) groups excluding carboxylic acids is 1. The van der Waals surface area contributed by atoms with Crippen LogP contribution in [0.15, 0.2) is 12.3 Å². The Labute approximate surface area is 81.1 Å². The molecule has 1 heterocycles. The van der Waals surface area contributed by atoms with Gasteiger partial charge in [0.25, 0.3) is 0 Å². The van der Waals surface area contributed by atoms with Gasteiger partial charge in [-0.1, -0.05) is 11.8 Å². The quantitative estimate of drug-likeness (QED) is 0.427. The number of halogens is 1. The third kappa shape index (κ3) is 2.64. The van der Waals surface area contributed by atoms with E-state index in [1.54, 1.807) is 0 Å². The number of pyridine rings is 1. The van der Waals surface area contributed by atoms with Gasteiger partial charge in [-0.3, -0.25) is 4.79 Å². The first-order valence-electron chi connectivity index (χ1n) is 4.07. The molecule has 2 N–H and O–H groups in total. The van der Waals surface area contributed by atoms with E-state index in [2.05, 4.69) is 16.8 Å². The zero-order valence-corrected chi connectivity index (χ0v) is 7.46. The highest BCUT2D eigenvalue weighted by Crippen LogP contribution is 2.03. The summed E-state index contributed by atoms with van der Waals surface area (Å²) in [5.41, 5.74) is 5.68. The minimum atomic E-state index is -0.774. The number of nitrogens with zero attached hydrogens (tertiary/aromatic N) is 1. The van der Waals surface area contributed by atoms with E-state index >= 15 is 0 Å². The maximum absolute atomic E-state index is 12.7. The third-order valence-corrected chi connectivity index (χ3v) is 1.50. The molecular weight excluding hydrogens is 183 g/mol. The molecule has 0 aliphatic heterocycles. The van der Waals surface area contributed by atoms with Gasteiger partial charge in [-0.15, -0.1) is 0 Å². The number of rotatable bonds is 2. The van der Waals surface area contributed by atoms with Gasteiger partial charge >= 0.3 is 0 Å². The summed E-state index contributed by atoms with van der Waals surface area (Å²) in [5, 5.41) is 0. The summed E-state index contributed by atoms with van der Waals surface area (Å²) in [6.07, 6.45) is 2.26. The fourth-order valence-electron chi connectivity index (χ4n) is 0.853. The van der Waals surface area contributed by atoms with Crippen LogP contribution >= 0.6 is 0 Å². The smallest absolute Gasteiger partial charge is 0.223 e. The molecule has 4 heteroatoms. The molecule has 0 atom stereocenters. The van der Waals surface area contributed by atoms with Gasteiger partial charge in [-0.2, -0.15) is 4.39 Å². The molecule has 3 nitrogen and oxygen atoms in total. The average Bonchev–Trinajstić information content (AvgIpc) is 2.21. The number of carbonyl (C=O) groups is 1. The van der Waals surface area contributed by atoms with Crippen LogP contribution in [0.5, 0.6) is 0 Å². The number of hydrogen-bond acceptors (Lipinski definition) is 3. The summed E-state index contributed by atoms with van der Waals surface area (Å²) in [5.74, 6) is 4.72. The van der Waals surface area contributed by atoms with Crippen LogP contribution in [0.4, 0.5) is 4.39 Å². The molecule has 0 unspecified atom stereocenters. The summed E-state index contributed by atoms with van der Waals surface area (Å²) in [7, 11) is 0. The van der Waals surface area contributed by atoms with E-state index in [9.17, 15) is 9.18 Å². The highest BCUT2D eigenvalue weighted by atomic mass is 19.1. The molecule has 0 aromatic carbocycles. The van der Waals surface area contributed by atoms with Gasteiger partial charge in [0.05, 0.1) is 5.56 Å². The Morgan fingerprint density at radius 1 is 1.64 bits per heavy atom. The zero-order chi connectivity index (χ0) is 10.4. The van der Waals surface area contributed by atoms with Crippen LogP contribution in [0.3, 0.4) is 0 Å². The Morgan fingerprint density at radius 2 is 2.43 bits per heavy atom. The van der Waals surface area contributed by atoms with Crippen molar-refractivity contribution < 1.29 is 9.18 Å². The molecular formula is C10H9FN2O. The predicted molar refractivity (Wildman–Crippen MR) is 50.1 cm³/mol. The van der Waals surface area contributed by atoms with Crippen molar-refractivity contribution in [2.24, 2.45) is 5.73 Å². The molecule has 0 radical (unpaired) electrons. The second-order valence-electron chi connectivity index (χ2n) is 2.56. The Bertz CT molecular complexity index is 393. The van der Waals surface area contributed by atoms with E-state index < -0.39 is 5.95 Å². The van der Waals surface area contributed by atoms with Crippen molar-refractivity contribution in [1.29, 1.82) is 0 Å². The van der Waals surface area contributed by atoms with Gasteiger partial charge < -0.3 is 5.73 Å². The van der Waals surface area contributed by atoms with Gasteiger partial charge in [-0.05, 0) is 6.07 Å². The monoisotopic (exact) mass is 192 g/mol. The van der Waals surface area contributed by atoms with Crippen molar-refractivity contribution in [2.75, 3.05) is 6.54 Å². The van der Waals surface area contributed by atoms with Crippen molar-refractivity contribution in [3.8, 4) is 11.8 Å². The van der Waals surface area contributed by atoms with Crippen LogP contribution in [-0.4, -0.2) is 17.8 Å². The Kier molecular flexibility index (Phi) is 3.77. The van der Waals surface area contributed by atoms with Gasteiger partial charge in [-0.25, -0.2) is 4.98 Å². The van der Waals surface area contributed by atoms with Crippen molar-refractivity contribution in [1.82, 2.24) is 4.98 Å². The molecule has 0 bridgehead atoms. The first-order chi connectivity index (χ1) is 6.77. The number of hydrogen-bond donors (Lipinski definition) is 1. The maximum atomic E-state index is 12.7. The molecule has 1 aromatic heterocycles. The maximum Gasteiger partial charge on any atom is 0.223 e. The van der Waals surface area contributed by atoms with Gasteiger partial charge in [0.15, 0.2) is 6.29 Å². The molecule has 0 amide bonds. The molecule has 0 saturated carbocycles. The molecule has 0 aliphatic rings. The molecule has 0 fully saturated rings. The Hall–Kier alpha value is -1.73. The van der Waals surface area contributed by atoms with Crippen LogP contribution in [0.2, 0.25) is 0 Å². The standard InChI is InChI=1S/C10H9FN2O/c11-10-9(7-14)5-8(6-13-10)3-1-2-4-12/h5-7H,2,4,12H2. The van der Waals surface area contributed by atoms with Gasteiger partial charge in [0, 0.05) is 24.7 Å². The van der Waals surface area contributed by atoms with Crippen molar-refractivity contribution in [2.45, 2.75) is 6.42 Å².